The molecule has 6 heteroatoms. The molecule has 162 valence electrons. The first kappa shape index (κ1) is 20.1. The van der Waals surface area contributed by atoms with Gasteiger partial charge in [0.1, 0.15) is 0 Å². The molecule has 2 aliphatic rings. The van der Waals surface area contributed by atoms with Gasteiger partial charge in [-0.15, -0.1) is 0 Å². The Balaban J connectivity index is 1.17. The molecule has 1 aliphatic carbocycles. The average Bonchev–Trinajstić information content (AvgIpc) is 3.51. The van der Waals surface area contributed by atoms with Crippen LogP contribution in [0, 0.1) is 0 Å². The molecule has 0 unspecified atom stereocenters. The van der Waals surface area contributed by atoms with Crippen molar-refractivity contribution < 1.29 is 9.53 Å². The maximum atomic E-state index is 12.5. The van der Waals surface area contributed by atoms with Crippen LogP contribution in [0.25, 0.3) is 10.9 Å². The van der Waals surface area contributed by atoms with E-state index in [1.165, 1.54) is 11.1 Å². The average molecular weight is 419 g/mol. The number of urea groups is 1. The van der Waals surface area contributed by atoms with Crippen molar-refractivity contribution in [3.05, 3.63) is 66.4 Å². The zero-order valence-electron chi connectivity index (χ0n) is 17.8. The summed E-state index contributed by atoms with van der Waals surface area (Å²) in [5.74, 6) is 0. The van der Waals surface area contributed by atoms with Gasteiger partial charge < -0.3 is 19.9 Å². The van der Waals surface area contributed by atoms with E-state index in [2.05, 4.69) is 62.7 Å². The van der Waals surface area contributed by atoms with Crippen LogP contribution in [0.4, 0.5) is 10.5 Å². The molecule has 6 nitrogen and oxygen atoms in total. The van der Waals surface area contributed by atoms with Crippen LogP contribution >= 0.6 is 0 Å². The minimum Gasteiger partial charge on any atom is -0.379 e. The Morgan fingerprint density at radius 1 is 1.00 bits per heavy atom. The van der Waals surface area contributed by atoms with Crippen LogP contribution in [-0.2, 0) is 16.7 Å². The zero-order valence-corrected chi connectivity index (χ0v) is 17.8. The van der Waals surface area contributed by atoms with E-state index in [0.29, 0.717) is 6.54 Å². The van der Waals surface area contributed by atoms with Gasteiger partial charge in [-0.25, -0.2) is 4.79 Å². The van der Waals surface area contributed by atoms with Crippen molar-refractivity contribution in [2.75, 3.05) is 44.7 Å². The lowest BCUT2D eigenvalue weighted by atomic mass is 9.96. The number of morpholine rings is 1. The first-order chi connectivity index (χ1) is 15.2. The number of anilines is 1. The summed E-state index contributed by atoms with van der Waals surface area (Å²) in [5.41, 5.74) is 3.44. The van der Waals surface area contributed by atoms with Gasteiger partial charge in [-0.1, -0.05) is 30.3 Å². The highest BCUT2D eigenvalue weighted by Crippen LogP contribution is 2.47. The lowest BCUT2D eigenvalue weighted by Crippen LogP contribution is -2.38. The monoisotopic (exact) mass is 418 g/mol. The maximum absolute atomic E-state index is 12.5. The van der Waals surface area contributed by atoms with E-state index >= 15 is 0 Å². The fourth-order valence-corrected chi connectivity index (χ4v) is 4.48. The summed E-state index contributed by atoms with van der Waals surface area (Å²) >= 11 is 0. The normalized spacial score (nSPS) is 18.1. The largest absolute Gasteiger partial charge is 0.379 e. The van der Waals surface area contributed by atoms with Gasteiger partial charge in [-0.05, 0) is 42.7 Å². The number of nitrogens with zero attached hydrogens (tertiary/aromatic N) is 2. The minimum absolute atomic E-state index is 0.111. The van der Waals surface area contributed by atoms with Gasteiger partial charge >= 0.3 is 6.03 Å². The number of amides is 2. The summed E-state index contributed by atoms with van der Waals surface area (Å²) in [7, 11) is 0. The molecule has 1 aromatic heterocycles. The van der Waals surface area contributed by atoms with Crippen LogP contribution in [0.15, 0.2) is 60.8 Å². The Kier molecular flexibility index (Phi) is 5.66. The first-order valence-corrected chi connectivity index (χ1v) is 11.2. The van der Waals surface area contributed by atoms with Crippen molar-refractivity contribution in [2.45, 2.75) is 24.8 Å². The molecule has 2 fully saturated rings. The number of hydrogen-bond donors (Lipinski definition) is 2. The van der Waals surface area contributed by atoms with Crippen LogP contribution in [0.2, 0.25) is 0 Å². The van der Waals surface area contributed by atoms with Crippen molar-refractivity contribution >= 4 is 22.6 Å². The van der Waals surface area contributed by atoms with Crippen LogP contribution in [0.3, 0.4) is 0 Å². The number of fused-ring (bicyclic) bond motifs is 1. The molecule has 2 N–H and O–H groups in total. The summed E-state index contributed by atoms with van der Waals surface area (Å²) in [4.78, 5) is 14.9. The second kappa shape index (κ2) is 8.73. The Hall–Kier alpha value is -2.83. The molecule has 0 bridgehead atoms. The smallest absolute Gasteiger partial charge is 0.319 e. The highest BCUT2D eigenvalue weighted by molar-refractivity contribution is 5.93. The van der Waals surface area contributed by atoms with Gasteiger partial charge in [-0.2, -0.15) is 0 Å². The van der Waals surface area contributed by atoms with E-state index in [0.717, 1.165) is 63.3 Å². The van der Waals surface area contributed by atoms with Gasteiger partial charge in [0, 0.05) is 60.9 Å². The van der Waals surface area contributed by atoms with Crippen molar-refractivity contribution in [1.82, 2.24) is 14.8 Å². The lowest BCUT2D eigenvalue weighted by Gasteiger charge is -2.26. The Labute approximate surface area is 183 Å². The van der Waals surface area contributed by atoms with Gasteiger partial charge in [0.15, 0.2) is 0 Å². The molecule has 1 saturated heterocycles. The quantitative estimate of drug-likeness (QED) is 0.613. The van der Waals surface area contributed by atoms with Crippen molar-refractivity contribution in [3.8, 4) is 0 Å². The second-order valence-corrected chi connectivity index (χ2v) is 8.69. The third-order valence-electron chi connectivity index (χ3n) is 6.62. The highest BCUT2D eigenvalue weighted by atomic mass is 16.5. The number of aromatic nitrogens is 1. The van der Waals surface area contributed by atoms with Gasteiger partial charge in [0.05, 0.1) is 13.2 Å². The van der Waals surface area contributed by atoms with Crippen LogP contribution in [0.5, 0.6) is 0 Å². The van der Waals surface area contributed by atoms with Crippen LogP contribution < -0.4 is 10.6 Å². The molecule has 1 aliphatic heterocycles. The predicted octanol–water partition coefficient (Wildman–Crippen LogP) is 3.83. The predicted molar refractivity (Wildman–Crippen MR) is 124 cm³/mol. The Morgan fingerprint density at radius 3 is 2.58 bits per heavy atom. The fourth-order valence-electron chi connectivity index (χ4n) is 4.48. The number of carbonyl (C=O) groups excluding carboxylic acids is 1. The number of benzene rings is 2. The molecule has 2 amide bonds. The van der Waals surface area contributed by atoms with Gasteiger partial charge in [0.2, 0.25) is 0 Å². The fraction of sp³-hybridized carbons (Fsp3) is 0.400. The highest BCUT2D eigenvalue weighted by Gasteiger charge is 2.44. The summed E-state index contributed by atoms with van der Waals surface area (Å²) in [6.07, 6.45) is 4.38. The Bertz CT molecular complexity index is 1040. The maximum Gasteiger partial charge on any atom is 0.319 e. The van der Waals surface area contributed by atoms with E-state index in [9.17, 15) is 4.79 Å². The molecule has 3 aromatic rings. The molecular formula is C25H30N4O2. The minimum atomic E-state index is -0.145. The second-order valence-electron chi connectivity index (χ2n) is 8.69. The summed E-state index contributed by atoms with van der Waals surface area (Å²) in [5, 5.41) is 7.21. The van der Waals surface area contributed by atoms with Crippen LogP contribution in [0.1, 0.15) is 18.4 Å². The number of nitrogens with one attached hydrogen (secondary N) is 2. The van der Waals surface area contributed by atoms with Crippen molar-refractivity contribution in [2.24, 2.45) is 0 Å². The molecule has 2 aromatic carbocycles. The number of rotatable bonds is 7. The van der Waals surface area contributed by atoms with E-state index in [1.807, 2.05) is 18.2 Å². The van der Waals surface area contributed by atoms with E-state index < -0.39 is 0 Å². The topological polar surface area (TPSA) is 58.5 Å². The molecule has 0 spiro atoms. The molecule has 1 saturated carbocycles. The molecule has 0 atom stereocenters. The zero-order chi connectivity index (χ0) is 21.1. The summed E-state index contributed by atoms with van der Waals surface area (Å²) < 4.78 is 7.71. The molecule has 2 heterocycles. The third-order valence-corrected chi connectivity index (χ3v) is 6.62. The van der Waals surface area contributed by atoms with Gasteiger partial charge in [-0.3, -0.25) is 4.90 Å². The third kappa shape index (κ3) is 4.60. The number of ether oxygens (including phenoxy) is 1. The number of carbonyl (C=O) groups is 1. The Morgan fingerprint density at radius 2 is 1.81 bits per heavy atom. The van der Waals surface area contributed by atoms with E-state index in [1.54, 1.807) is 0 Å². The standard InChI is InChI=1S/C25H30N4O2/c30-24(26-19-25(9-10-25)21-4-2-1-3-5-21)27-22-6-7-23-20(18-22)8-11-29(23)13-12-28-14-16-31-17-15-28/h1-8,11,18H,9-10,12-17,19H2,(H2,26,27,30). The lowest BCUT2D eigenvalue weighted by molar-refractivity contribution is 0.0365. The van der Waals surface area contributed by atoms with E-state index in [4.69, 9.17) is 4.74 Å². The SMILES string of the molecule is O=C(NCC1(c2ccccc2)CC1)Nc1ccc2c(ccn2CCN2CCOCC2)c1. The van der Waals surface area contributed by atoms with Crippen LogP contribution in [-0.4, -0.2) is 54.9 Å². The molecule has 0 radical (unpaired) electrons. The molecule has 5 rings (SSSR count). The van der Waals surface area contributed by atoms with E-state index in [-0.39, 0.29) is 11.4 Å². The first-order valence-electron chi connectivity index (χ1n) is 11.2. The van der Waals surface area contributed by atoms with Crippen molar-refractivity contribution in [3.63, 3.8) is 0 Å². The van der Waals surface area contributed by atoms with Crippen molar-refractivity contribution in [1.29, 1.82) is 0 Å². The molecule has 31 heavy (non-hydrogen) atoms. The number of hydrogen-bond acceptors (Lipinski definition) is 3. The molecular weight excluding hydrogens is 388 g/mol. The summed E-state index contributed by atoms with van der Waals surface area (Å²) in [6.45, 7) is 6.33. The van der Waals surface area contributed by atoms with Gasteiger partial charge in [0.25, 0.3) is 0 Å². The summed E-state index contributed by atoms with van der Waals surface area (Å²) in [6, 6.07) is 18.6.